The molecule has 0 aliphatic carbocycles. The summed E-state index contributed by atoms with van der Waals surface area (Å²) in [6, 6.07) is 17.2. The maximum atomic E-state index is 12.8. The van der Waals surface area contributed by atoms with Gasteiger partial charge in [-0.15, -0.1) is 0 Å². The molecular formula is C27H22BrCl2N3O4. The van der Waals surface area contributed by atoms with Crippen LogP contribution in [0.1, 0.15) is 23.6 Å². The molecule has 1 aliphatic rings. The number of imide groups is 1. The van der Waals surface area contributed by atoms with E-state index in [-0.39, 0.29) is 12.3 Å². The monoisotopic (exact) mass is 601 g/mol. The summed E-state index contributed by atoms with van der Waals surface area (Å²) in [5, 5.41) is 6.22. The molecule has 3 aromatic rings. The van der Waals surface area contributed by atoms with E-state index in [9.17, 15) is 14.4 Å². The second kappa shape index (κ2) is 11.8. The molecule has 0 bridgehead atoms. The molecule has 0 atom stereocenters. The molecule has 10 heteroatoms. The second-order valence-electron chi connectivity index (χ2n) is 8.17. The number of amides is 4. The zero-order chi connectivity index (χ0) is 26.5. The lowest BCUT2D eigenvalue weighted by molar-refractivity contribution is -0.127. The van der Waals surface area contributed by atoms with Gasteiger partial charge in [-0.3, -0.25) is 9.59 Å². The van der Waals surface area contributed by atoms with Crippen LogP contribution in [0.15, 0.2) is 70.8 Å². The number of nitrogens with zero attached hydrogens (tertiary/aromatic N) is 1. The van der Waals surface area contributed by atoms with Crippen molar-refractivity contribution in [1.29, 1.82) is 0 Å². The van der Waals surface area contributed by atoms with Crippen LogP contribution in [0, 0.1) is 0 Å². The summed E-state index contributed by atoms with van der Waals surface area (Å²) in [6.45, 7) is 1.86. The van der Waals surface area contributed by atoms with Crippen molar-refractivity contribution in [3.8, 4) is 5.75 Å². The standard InChI is InChI=1S/C27H22BrCl2N3O4/c1-2-18-5-3-4-6-22(18)31-25(34)14-33-26(35)23(32-27(33)36)13-16-8-10-24(19(28)11-16)37-15-17-7-9-20(29)21(30)12-17/h3-13H,2,14-15H2,1H3,(H,31,34)(H,32,36)/b23-13+. The van der Waals surface area contributed by atoms with E-state index < -0.39 is 24.4 Å². The highest BCUT2D eigenvalue weighted by molar-refractivity contribution is 9.10. The van der Waals surface area contributed by atoms with Gasteiger partial charge in [0.2, 0.25) is 5.91 Å². The number of hydrogen-bond donors (Lipinski definition) is 2. The number of aryl methyl sites for hydroxylation is 1. The number of rotatable bonds is 8. The lowest BCUT2D eigenvalue weighted by atomic mass is 10.1. The number of anilines is 1. The molecule has 3 aromatic carbocycles. The molecule has 190 valence electrons. The van der Waals surface area contributed by atoms with E-state index >= 15 is 0 Å². The average Bonchev–Trinajstić information content (AvgIpc) is 3.13. The Kier molecular flexibility index (Phi) is 8.53. The first-order valence-corrected chi connectivity index (χ1v) is 12.9. The van der Waals surface area contributed by atoms with Gasteiger partial charge in [-0.2, -0.15) is 0 Å². The van der Waals surface area contributed by atoms with Gasteiger partial charge in [-0.05, 0) is 75.4 Å². The van der Waals surface area contributed by atoms with Crippen LogP contribution in [0.5, 0.6) is 5.75 Å². The highest BCUT2D eigenvalue weighted by Crippen LogP contribution is 2.29. The molecule has 1 aliphatic heterocycles. The Morgan fingerprint density at radius 2 is 1.86 bits per heavy atom. The molecule has 4 amide bonds. The summed E-state index contributed by atoms with van der Waals surface area (Å²) in [7, 11) is 0. The van der Waals surface area contributed by atoms with Crippen LogP contribution in [-0.4, -0.2) is 29.3 Å². The van der Waals surface area contributed by atoms with Gasteiger partial charge in [0.05, 0.1) is 14.5 Å². The summed E-state index contributed by atoms with van der Waals surface area (Å²) in [6.07, 6.45) is 2.28. The smallest absolute Gasteiger partial charge is 0.329 e. The van der Waals surface area contributed by atoms with Crippen molar-refractivity contribution in [1.82, 2.24) is 10.2 Å². The second-order valence-corrected chi connectivity index (χ2v) is 9.83. The van der Waals surface area contributed by atoms with Crippen molar-refractivity contribution in [3.05, 3.63) is 97.6 Å². The van der Waals surface area contributed by atoms with E-state index in [1.54, 1.807) is 36.4 Å². The van der Waals surface area contributed by atoms with Crippen LogP contribution in [0.25, 0.3) is 6.08 Å². The fourth-order valence-corrected chi connectivity index (χ4v) is 4.51. The molecule has 0 aromatic heterocycles. The molecule has 1 fully saturated rings. The number of carbonyl (C=O) groups is 3. The maximum absolute atomic E-state index is 12.8. The highest BCUT2D eigenvalue weighted by Gasteiger charge is 2.35. The Hall–Kier alpha value is -3.33. The predicted molar refractivity (Wildman–Crippen MR) is 148 cm³/mol. The molecule has 4 rings (SSSR count). The number of benzene rings is 3. The lowest BCUT2D eigenvalue weighted by Gasteiger charge is -2.13. The van der Waals surface area contributed by atoms with Gasteiger partial charge in [-0.25, -0.2) is 9.69 Å². The van der Waals surface area contributed by atoms with Crippen molar-refractivity contribution < 1.29 is 19.1 Å². The summed E-state index contributed by atoms with van der Waals surface area (Å²) in [5.41, 5.74) is 3.20. The van der Waals surface area contributed by atoms with Crippen LogP contribution in [0.3, 0.4) is 0 Å². The van der Waals surface area contributed by atoms with Gasteiger partial charge in [0, 0.05) is 5.69 Å². The molecular weight excluding hydrogens is 581 g/mol. The first kappa shape index (κ1) is 26.7. The van der Waals surface area contributed by atoms with Crippen molar-refractivity contribution in [2.24, 2.45) is 0 Å². The molecule has 0 unspecified atom stereocenters. The highest BCUT2D eigenvalue weighted by atomic mass is 79.9. The van der Waals surface area contributed by atoms with Gasteiger partial charge >= 0.3 is 6.03 Å². The minimum Gasteiger partial charge on any atom is -0.488 e. The van der Waals surface area contributed by atoms with Gasteiger partial charge in [0.1, 0.15) is 24.6 Å². The van der Waals surface area contributed by atoms with E-state index in [1.807, 2.05) is 31.2 Å². The molecule has 0 saturated carbocycles. The zero-order valence-corrected chi connectivity index (χ0v) is 22.8. The van der Waals surface area contributed by atoms with E-state index in [1.165, 1.54) is 6.08 Å². The predicted octanol–water partition coefficient (Wildman–Crippen LogP) is 6.43. The number of para-hydroxylation sites is 1. The van der Waals surface area contributed by atoms with Crippen molar-refractivity contribution in [3.63, 3.8) is 0 Å². The zero-order valence-electron chi connectivity index (χ0n) is 19.7. The third-order valence-corrected chi connectivity index (χ3v) is 6.94. The molecule has 1 saturated heterocycles. The Morgan fingerprint density at radius 3 is 2.59 bits per heavy atom. The van der Waals surface area contributed by atoms with E-state index in [4.69, 9.17) is 27.9 Å². The Balaban J connectivity index is 1.40. The van der Waals surface area contributed by atoms with Crippen LogP contribution in [-0.2, 0) is 22.6 Å². The van der Waals surface area contributed by atoms with Gasteiger partial charge in [0.15, 0.2) is 0 Å². The molecule has 0 spiro atoms. The number of nitrogens with one attached hydrogen (secondary N) is 2. The minimum absolute atomic E-state index is 0.0723. The molecule has 0 radical (unpaired) electrons. The summed E-state index contributed by atoms with van der Waals surface area (Å²) in [4.78, 5) is 38.7. The Morgan fingerprint density at radius 1 is 1.08 bits per heavy atom. The first-order chi connectivity index (χ1) is 17.7. The Labute approximate surface area is 232 Å². The average molecular weight is 603 g/mol. The third kappa shape index (κ3) is 6.52. The minimum atomic E-state index is -0.657. The van der Waals surface area contributed by atoms with E-state index in [0.29, 0.717) is 31.5 Å². The van der Waals surface area contributed by atoms with Gasteiger partial charge in [0.25, 0.3) is 5.91 Å². The number of ether oxygens (including phenoxy) is 1. The Bertz CT molecular complexity index is 1410. The summed E-state index contributed by atoms with van der Waals surface area (Å²) < 4.78 is 6.51. The number of halogens is 3. The number of urea groups is 1. The fourth-order valence-electron chi connectivity index (χ4n) is 3.68. The number of carbonyl (C=O) groups excluding carboxylic acids is 3. The third-order valence-electron chi connectivity index (χ3n) is 5.58. The van der Waals surface area contributed by atoms with E-state index in [2.05, 4.69) is 26.6 Å². The van der Waals surface area contributed by atoms with Crippen molar-refractivity contribution in [2.75, 3.05) is 11.9 Å². The first-order valence-electron chi connectivity index (χ1n) is 11.3. The van der Waals surface area contributed by atoms with Crippen molar-refractivity contribution >= 4 is 68.7 Å². The van der Waals surface area contributed by atoms with Gasteiger partial charge < -0.3 is 15.4 Å². The van der Waals surface area contributed by atoms with Crippen LogP contribution < -0.4 is 15.4 Å². The lowest BCUT2D eigenvalue weighted by Crippen LogP contribution is -2.38. The van der Waals surface area contributed by atoms with E-state index in [0.717, 1.165) is 22.4 Å². The topological polar surface area (TPSA) is 87.7 Å². The van der Waals surface area contributed by atoms with Crippen molar-refractivity contribution in [2.45, 2.75) is 20.0 Å². The van der Waals surface area contributed by atoms with Crippen LogP contribution >= 0.6 is 39.1 Å². The molecule has 1 heterocycles. The molecule has 7 nitrogen and oxygen atoms in total. The van der Waals surface area contributed by atoms with Gasteiger partial charge in [-0.1, -0.05) is 60.5 Å². The molecule has 37 heavy (non-hydrogen) atoms. The maximum Gasteiger partial charge on any atom is 0.329 e. The quantitative estimate of drug-likeness (QED) is 0.230. The number of hydrogen-bond acceptors (Lipinski definition) is 4. The largest absolute Gasteiger partial charge is 0.488 e. The summed E-state index contributed by atoms with van der Waals surface area (Å²) >= 11 is 15.5. The van der Waals surface area contributed by atoms with Crippen LogP contribution in [0.4, 0.5) is 10.5 Å². The SMILES string of the molecule is CCc1ccccc1NC(=O)CN1C(=O)N/C(=C/c2ccc(OCc3ccc(Cl)c(Cl)c3)c(Br)c2)C1=O. The molecule has 2 N–H and O–H groups in total. The summed E-state index contributed by atoms with van der Waals surface area (Å²) in [5.74, 6) is -0.461. The van der Waals surface area contributed by atoms with Crippen LogP contribution in [0.2, 0.25) is 10.0 Å². The normalized spacial score (nSPS) is 14.2. The fraction of sp³-hybridized carbons (Fsp3) is 0.148.